The first-order valence-corrected chi connectivity index (χ1v) is 11.2. The lowest BCUT2D eigenvalue weighted by Crippen LogP contribution is -2.54. The number of carbonyl (C=O) groups is 2. The highest BCUT2D eigenvalue weighted by molar-refractivity contribution is 6.04. The summed E-state index contributed by atoms with van der Waals surface area (Å²) < 4.78 is 0. The number of carbonyl (C=O) groups excluding carboxylic acids is 2. The summed E-state index contributed by atoms with van der Waals surface area (Å²) in [4.78, 5) is 44.3. The molecule has 0 saturated carbocycles. The van der Waals surface area contributed by atoms with Gasteiger partial charge in [-0.15, -0.1) is 0 Å². The Kier molecular flexibility index (Phi) is 5.41. The van der Waals surface area contributed by atoms with Gasteiger partial charge in [0.1, 0.15) is 5.52 Å². The maximum absolute atomic E-state index is 13.4. The minimum Gasteiger partial charge on any atom is -0.369 e. The number of urea groups is 1. The Bertz CT molecular complexity index is 1220. The first-order chi connectivity index (χ1) is 15.9. The molecule has 0 unspecified atom stereocenters. The zero-order valence-corrected chi connectivity index (χ0v) is 18.9. The summed E-state index contributed by atoms with van der Waals surface area (Å²) in [5.74, 6) is -0.327. The molecule has 5 heterocycles. The van der Waals surface area contributed by atoms with Gasteiger partial charge in [0.25, 0.3) is 0 Å². The van der Waals surface area contributed by atoms with Crippen molar-refractivity contribution >= 4 is 28.7 Å². The van der Waals surface area contributed by atoms with E-state index in [0.29, 0.717) is 19.6 Å². The Morgan fingerprint density at radius 1 is 1.12 bits per heavy atom. The fraction of sp³-hybridized carbons (Fsp3) is 0.375. The Balaban J connectivity index is 1.56. The molecule has 0 aromatic carbocycles. The molecule has 33 heavy (non-hydrogen) atoms. The van der Waals surface area contributed by atoms with Gasteiger partial charge in [0, 0.05) is 55.4 Å². The molecule has 0 bridgehead atoms. The van der Waals surface area contributed by atoms with Gasteiger partial charge in [-0.2, -0.15) is 0 Å². The number of nitrogens with two attached hydrogens (primary N) is 1. The van der Waals surface area contributed by atoms with E-state index in [0.717, 1.165) is 52.1 Å². The van der Waals surface area contributed by atoms with Crippen LogP contribution in [0.15, 0.2) is 36.7 Å². The van der Waals surface area contributed by atoms with Crippen molar-refractivity contribution in [2.75, 3.05) is 31.6 Å². The molecule has 0 atom stereocenters. The topological polar surface area (TPSA) is 109 Å². The normalized spacial score (nSPS) is 17.5. The summed E-state index contributed by atoms with van der Waals surface area (Å²) in [6, 6.07) is 7.84. The number of aryl methyl sites for hydroxylation is 1. The smallest absolute Gasteiger partial charge is 0.324 e. The maximum atomic E-state index is 13.4. The summed E-state index contributed by atoms with van der Waals surface area (Å²) in [6.45, 7) is 4.12. The fourth-order valence-corrected chi connectivity index (χ4v) is 4.75. The van der Waals surface area contributed by atoms with Gasteiger partial charge in [-0.1, -0.05) is 0 Å². The highest BCUT2D eigenvalue weighted by Crippen LogP contribution is 2.37. The molecule has 1 fully saturated rings. The van der Waals surface area contributed by atoms with Gasteiger partial charge < -0.3 is 10.6 Å². The van der Waals surface area contributed by atoms with Crippen molar-refractivity contribution in [2.24, 2.45) is 5.73 Å². The van der Waals surface area contributed by atoms with Crippen molar-refractivity contribution in [3.05, 3.63) is 47.9 Å². The third-order valence-electron chi connectivity index (χ3n) is 6.45. The molecule has 2 aliphatic rings. The maximum Gasteiger partial charge on any atom is 0.324 e. The van der Waals surface area contributed by atoms with Crippen molar-refractivity contribution in [2.45, 2.75) is 32.4 Å². The number of likely N-dealkylation sites (tertiary alicyclic amines) is 1. The second-order valence-corrected chi connectivity index (χ2v) is 8.87. The van der Waals surface area contributed by atoms with Crippen LogP contribution in [0.4, 0.5) is 10.5 Å². The Morgan fingerprint density at radius 3 is 2.61 bits per heavy atom. The van der Waals surface area contributed by atoms with Crippen LogP contribution in [0.25, 0.3) is 22.3 Å². The van der Waals surface area contributed by atoms with E-state index < -0.39 is 0 Å². The number of nitrogens with zero attached hydrogens (tertiary/aromatic N) is 6. The van der Waals surface area contributed by atoms with Crippen molar-refractivity contribution in [3.63, 3.8) is 0 Å². The second-order valence-electron chi connectivity index (χ2n) is 8.87. The van der Waals surface area contributed by atoms with Crippen LogP contribution in [0, 0.1) is 6.92 Å². The van der Waals surface area contributed by atoms with Gasteiger partial charge in [-0.3, -0.25) is 24.6 Å². The highest BCUT2D eigenvalue weighted by Gasteiger charge is 2.37. The molecule has 3 amide bonds. The van der Waals surface area contributed by atoms with Crippen LogP contribution in [0.3, 0.4) is 0 Å². The largest absolute Gasteiger partial charge is 0.369 e. The summed E-state index contributed by atoms with van der Waals surface area (Å²) >= 11 is 0. The molecule has 2 N–H and O–H groups in total. The van der Waals surface area contributed by atoms with Crippen molar-refractivity contribution in [1.82, 2.24) is 24.8 Å². The van der Waals surface area contributed by atoms with E-state index in [9.17, 15) is 9.59 Å². The van der Waals surface area contributed by atoms with Gasteiger partial charge in [-0.25, -0.2) is 9.78 Å². The monoisotopic (exact) mass is 445 g/mol. The molecule has 0 spiro atoms. The van der Waals surface area contributed by atoms with E-state index in [1.165, 1.54) is 0 Å². The Hall–Kier alpha value is -3.59. The summed E-state index contributed by atoms with van der Waals surface area (Å²) in [7, 11) is 1.81. The van der Waals surface area contributed by atoms with E-state index >= 15 is 0 Å². The predicted molar refractivity (Wildman–Crippen MR) is 126 cm³/mol. The number of fused-ring (bicyclic) bond motifs is 3. The minimum atomic E-state index is -0.327. The first kappa shape index (κ1) is 21.3. The van der Waals surface area contributed by atoms with Gasteiger partial charge in [0.15, 0.2) is 0 Å². The molecule has 0 aliphatic carbocycles. The third kappa shape index (κ3) is 4.00. The van der Waals surface area contributed by atoms with Crippen molar-refractivity contribution < 1.29 is 9.59 Å². The minimum absolute atomic E-state index is 0.0141. The zero-order valence-electron chi connectivity index (χ0n) is 18.9. The van der Waals surface area contributed by atoms with Crippen LogP contribution in [-0.2, 0) is 11.3 Å². The summed E-state index contributed by atoms with van der Waals surface area (Å²) in [6.07, 6.45) is 5.19. The number of anilines is 1. The van der Waals surface area contributed by atoms with Gasteiger partial charge in [0.05, 0.1) is 30.0 Å². The lowest BCUT2D eigenvalue weighted by molar-refractivity contribution is -0.119. The molecule has 5 rings (SSSR count). The lowest BCUT2D eigenvalue weighted by Gasteiger charge is -2.43. The average molecular weight is 446 g/mol. The molecule has 9 heteroatoms. The molecule has 0 radical (unpaired) electrons. The Labute approximate surface area is 192 Å². The number of primary amides is 1. The molecule has 1 saturated heterocycles. The van der Waals surface area contributed by atoms with Crippen molar-refractivity contribution in [3.8, 4) is 11.3 Å². The van der Waals surface area contributed by atoms with Crippen LogP contribution < -0.4 is 10.6 Å². The van der Waals surface area contributed by atoms with Crippen molar-refractivity contribution in [1.29, 1.82) is 0 Å². The summed E-state index contributed by atoms with van der Waals surface area (Å²) in [5.41, 5.74) is 11.3. The lowest BCUT2D eigenvalue weighted by atomic mass is 9.99. The highest BCUT2D eigenvalue weighted by atomic mass is 16.2. The summed E-state index contributed by atoms with van der Waals surface area (Å²) in [5, 5.41) is 0. The number of piperidine rings is 1. The average Bonchev–Trinajstić information content (AvgIpc) is 2.80. The van der Waals surface area contributed by atoms with E-state index in [4.69, 9.17) is 10.7 Å². The van der Waals surface area contributed by atoms with Crippen LogP contribution in [0.1, 0.15) is 24.1 Å². The Morgan fingerprint density at radius 2 is 1.91 bits per heavy atom. The molecule has 9 nitrogen and oxygen atoms in total. The molecule has 3 aromatic heterocycles. The molecular formula is C24H27N7O2. The van der Waals surface area contributed by atoms with Crippen LogP contribution in [0.5, 0.6) is 0 Å². The van der Waals surface area contributed by atoms with E-state index in [2.05, 4.69) is 9.97 Å². The molecular weight excluding hydrogens is 418 g/mol. The van der Waals surface area contributed by atoms with Gasteiger partial charge in [-0.05, 0) is 44.0 Å². The number of amides is 3. The second kappa shape index (κ2) is 8.40. The predicted octanol–water partition coefficient (Wildman–Crippen LogP) is 2.32. The van der Waals surface area contributed by atoms with E-state index in [1.54, 1.807) is 4.90 Å². The van der Waals surface area contributed by atoms with Crippen LogP contribution in [0.2, 0.25) is 0 Å². The third-order valence-corrected chi connectivity index (χ3v) is 6.45. The number of pyridine rings is 3. The number of hydrogen-bond donors (Lipinski definition) is 1. The molecule has 2 aliphatic heterocycles. The standard InChI is InChI=1S/C24H27N7O2/c1-15-3-4-16(11-26-15)19-5-6-20-22(28-19)23-17(12-27-20)13-29(2)24(33)31(23)18-7-9-30(10-8-18)14-21(25)32/h3-6,11-12,18H,7-10,13-14H2,1-2H3,(H2,25,32). The van der Waals surface area contributed by atoms with E-state index in [1.807, 2.05) is 60.4 Å². The number of hydrogen-bond acceptors (Lipinski definition) is 6. The molecule has 3 aromatic rings. The SMILES string of the molecule is Cc1ccc(-c2ccc3ncc4c(c3n2)N(C2CCN(CC(N)=O)CC2)C(=O)N(C)C4)cn1. The molecule has 170 valence electrons. The first-order valence-electron chi connectivity index (χ1n) is 11.2. The van der Waals surface area contributed by atoms with E-state index in [-0.39, 0.29) is 24.5 Å². The quantitative estimate of drug-likeness (QED) is 0.660. The zero-order chi connectivity index (χ0) is 23.1. The van der Waals surface area contributed by atoms with Gasteiger partial charge >= 0.3 is 6.03 Å². The number of aromatic nitrogens is 3. The van der Waals surface area contributed by atoms with Crippen LogP contribution in [-0.4, -0.2) is 69.4 Å². The van der Waals surface area contributed by atoms with Gasteiger partial charge in [0.2, 0.25) is 5.91 Å². The number of rotatable bonds is 4. The fourth-order valence-electron chi connectivity index (χ4n) is 4.75. The van der Waals surface area contributed by atoms with Crippen LogP contribution >= 0.6 is 0 Å².